The van der Waals surface area contributed by atoms with Crippen molar-refractivity contribution in [2.75, 3.05) is 11.9 Å². The van der Waals surface area contributed by atoms with Crippen molar-refractivity contribution in [3.8, 4) is 0 Å². The maximum Gasteiger partial charge on any atom is 0.274 e. The number of nitrogens with one attached hydrogen (secondary N) is 1. The van der Waals surface area contributed by atoms with Crippen molar-refractivity contribution in [1.82, 2.24) is 0 Å². The minimum atomic E-state index is -0.312. The van der Waals surface area contributed by atoms with Crippen molar-refractivity contribution in [3.05, 3.63) is 69.8 Å². The van der Waals surface area contributed by atoms with Crippen LogP contribution < -0.4 is 5.32 Å². The number of benzene rings is 2. The van der Waals surface area contributed by atoms with E-state index in [1.807, 2.05) is 37.3 Å². The Morgan fingerprint density at radius 3 is 2.57 bits per heavy atom. The zero-order valence-electron chi connectivity index (χ0n) is 12.2. The van der Waals surface area contributed by atoms with E-state index in [1.165, 1.54) is 5.56 Å². The molecule has 0 radical (unpaired) electrons. The van der Waals surface area contributed by atoms with Crippen molar-refractivity contribution in [2.45, 2.75) is 26.2 Å². The molecule has 0 saturated carbocycles. The number of hydrogen-bond donors (Lipinski definition) is 1. The molecule has 0 amide bonds. The minimum Gasteiger partial charge on any atom is -0.385 e. The highest BCUT2D eigenvalue weighted by Gasteiger charge is 2.12. The monoisotopic (exact) mass is 284 g/mol. The lowest BCUT2D eigenvalue weighted by Crippen LogP contribution is -2.04. The summed E-state index contributed by atoms with van der Waals surface area (Å²) in [5, 5.41) is 14.3. The Balaban J connectivity index is 1.88. The maximum atomic E-state index is 11.0. The van der Waals surface area contributed by atoms with Crippen molar-refractivity contribution in [3.63, 3.8) is 0 Å². The van der Waals surface area contributed by atoms with E-state index in [2.05, 4.69) is 17.4 Å². The molecule has 0 spiro atoms. The van der Waals surface area contributed by atoms with Crippen LogP contribution in [0.15, 0.2) is 48.5 Å². The molecule has 2 aromatic carbocycles. The van der Waals surface area contributed by atoms with Crippen molar-refractivity contribution in [1.29, 1.82) is 0 Å². The van der Waals surface area contributed by atoms with Crippen LogP contribution >= 0.6 is 0 Å². The zero-order valence-corrected chi connectivity index (χ0v) is 12.2. The van der Waals surface area contributed by atoms with Crippen LogP contribution in [-0.4, -0.2) is 11.5 Å². The summed E-state index contributed by atoms with van der Waals surface area (Å²) in [4.78, 5) is 10.7. The molecule has 0 aliphatic rings. The van der Waals surface area contributed by atoms with E-state index in [9.17, 15) is 10.1 Å². The number of nitrogens with zero attached hydrogens (tertiary/aromatic N) is 1. The predicted octanol–water partition coefficient (Wildman–Crippen LogP) is 4.20. The first-order chi connectivity index (χ1) is 10.2. The number of rotatable bonds is 7. The number of hydrogen-bond acceptors (Lipinski definition) is 3. The van der Waals surface area contributed by atoms with Gasteiger partial charge in [0.05, 0.1) is 4.92 Å². The number of nitro groups is 1. The Morgan fingerprint density at radius 1 is 1.14 bits per heavy atom. The summed E-state index contributed by atoms with van der Waals surface area (Å²) < 4.78 is 0. The van der Waals surface area contributed by atoms with Crippen LogP contribution in [0.25, 0.3) is 0 Å². The molecule has 0 fully saturated rings. The molecule has 0 aromatic heterocycles. The molecule has 0 aliphatic heterocycles. The quantitative estimate of drug-likeness (QED) is 0.471. The van der Waals surface area contributed by atoms with Crippen LogP contribution in [-0.2, 0) is 12.8 Å². The van der Waals surface area contributed by atoms with Gasteiger partial charge in [-0.3, -0.25) is 10.1 Å². The molecular formula is C17H20N2O2. The fraction of sp³-hybridized carbons (Fsp3) is 0.294. The Bertz CT molecular complexity index is 597. The first-order valence-electron chi connectivity index (χ1n) is 7.26. The van der Waals surface area contributed by atoms with Gasteiger partial charge in [-0.05, 0) is 30.9 Å². The molecule has 4 nitrogen and oxygen atoms in total. The molecule has 0 unspecified atom stereocenters. The maximum absolute atomic E-state index is 11.0. The molecule has 21 heavy (non-hydrogen) atoms. The lowest BCUT2D eigenvalue weighted by atomic mass is 10.1. The predicted molar refractivity (Wildman–Crippen MR) is 85.7 cm³/mol. The summed E-state index contributed by atoms with van der Waals surface area (Å²) in [6, 6.07) is 15.7. The van der Waals surface area contributed by atoms with Crippen LogP contribution in [0.4, 0.5) is 11.4 Å². The molecule has 1 N–H and O–H groups in total. The molecule has 0 bridgehead atoms. The smallest absolute Gasteiger partial charge is 0.274 e. The fourth-order valence-electron chi connectivity index (χ4n) is 2.31. The summed E-state index contributed by atoms with van der Waals surface area (Å²) >= 11 is 0. The van der Waals surface area contributed by atoms with Crippen molar-refractivity contribution in [2.24, 2.45) is 0 Å². The summed E-state index contributed by atoms with van der Waals surface area (Å²) in [5.74, 6) is 0. The van der Waals surface area contributed by atoms with Crippen LogP contribution in [0.3, 0.4) is 0 Å². The molecule has 0 saturated heterocycles. The number of nitro benzene ring substituents is 1. The van der Waals surface area contributed by atoms with Gasteiger partial charge in [-0.15, -0.1) is 0 Å². The normalized spacial score (nSPS) is 10.3. The van der Waals surface area contributed by atoms with Gasteiger partial charge in [-0.2, -0.15) is 0 Å². The third-order valence-electron chi connectivity index (χ3n) is 3.48. The van der Waals surface area contributed by atoms with Crippen molar-refractivity contribution < 1.29 is 4.92 Å². The molecule has 4 heteroatoms. The standard InChI is InChI=1S/C17H20N2O2/c1-2-15-10-11-16(13-17(15)19(20)21)18-12-6-9-14-7-4-3-5-8-14/h3-5,7-8,10-11,13,18H,2,6,9,12H2,1H3. The topological polar surface area (TPSA) is 55.2 Å². The van der Waals surface area contributed by atoms with Gasteiger partial charge in [0.1, 0.15) is 0 Å². The average Bonchev–Trinajstić information content (AvgIpc) is 2.52. The van der Waals surface area contributed by atoms with E-state index in [0.29, 0.717) is 6.42 Å². The van der Waals surface area contributed by atoms with E-state index in [-0.39, 0.29) is 10.6 Å². The number of aryl methyl sites for hydroxylation is 2. The molecule has 0 heterocycles. The Kier molecular flexibility index (Phi) is 5.32. The first kappa shape index (κ1) is 15.0. The Hall–Kier alpha value is -2.36. The van der Waals surface area contributed by atoms with Crippen LogP contribution in [0, 0.1) is 10.1 Å². The SMILES string of the molecule is CCc1ccc(NCCCc2ccccc2)cc1[N+](=O)[O-]. The Labute approximate surface area is 125 Å². The number of anilines is 1. The van der Waals surface area contributed by atoms with E-state index in [4.69, 9.17) is 0 Å². The lowest BCUT2D eigenvalue weighted by molar-refractivity contribution is -0.385. The second-order valence-electron chi connectivity index (χ2n) is 4.97. The van der Waals surface area contributed by atoms with Crippen LogP contribution in [0.2, 0.25) is 0 Å². The van der Waals surface area contributed by atoms with Gasteiger partial charge >= 0.3 is 0 Å². The van der Waals surface area contributed by atoms with E-state index >= 15 is 0 Å². The van der Waals surface area contributed by atoms with Gasteiger partial charge in [0.25, 0.3) is 5.69 Å². The van der Waals surface area contributed by atoms with E-state index in [0.717, 1.165) is 30.6 Å². The van der Waals surface area contributed by atoms with E-state index < -0.39 is 0 Å². The zero-order chi connectivity index (χ0) is 15.1. The largest absolute Gasteiger partial charge is 0.385 e. The molecular weight excluding hydrogens is 264 g/mol. The Morgan fingerprint density at radius 2 is 1.90 bits per heavy atom. The third kappa shape index (κ3) is 4.31. The van der Waals surface area contributed by atoms with Gasteiger partial charge in [0.15, 0.2) is 0 Å². The summed E-state index contributed by atoms with van der Waals surface area (Å²) in [7, 11) is 0. The molecule has 0 aliphatic carbocycles. The van der Waals surface area contributed by atoms with Gasteiger partial charge in [0, 0.05) is 23.9 Å². The second kappa shape index (κ2) is 7.43. The van der Waals surface area contributed by atoms with Gasteiger partial charge < -0.3 is 5.32 Å². The third-order valence-corrected chi connectivity index (χ3v) is 3.48. The van der Waals surface area contributed by atoms with Crippen LogP contribution in [0.5, 0.6) is 0 Å². The lowest BCUT2D eigenvalue weighted by Gasteiger charge is -2.08. The van der Waals surface area contributed by atoms with Crippen LogP contribution in [0.1, 0.15) is 24.5 Å². The highest BCUT2D eigenvalue weighted by Crippen LogP contribution is 2.23. The van der Waals surface area contributed by atoms with Gasteiger partial charge in [0.2, 0.25) is 0 Å². The summed E-state index contributed by atoms with van der Waals surface area (Å²) in [6.07, 6.45) is 2.67. The molecule has 2 rings (SSSR count). The summed E-state index contributed by atoms with van der Waals surface area (Å²) in [6.45, 7) is 2.73. The second-order valence-corrected chi connectivity index (χ2v) is 4.97. The van der Waals surface area contributed by atoms with Gasteiger partial charge in [-0.1, -0.05) is 43.3 Å². The summed E-state index contributed by atoms with van der Waals surface area (Å²) in [5.41, 5.74) is 3.10. The highest BCUT2D eigenvalue weighted by atomic mass is 16.6. The van der Waals surface area contributed by atoms with Crippen molar-refractivity contribution >= 4 is 11.4 Å². The molecule has 2 aromatic rings. The van der Waals surface area contributed by atoms with Gasteiger partial charge in [-0.25, -0.2) is 0 Å². The molecule has 110 valence electrons. The fourth-order valence-corrected chi connectivity index (χ4v) is 2.31. The highest BCUT2D eigenvalue weighted by molar-refractivity contribution is 5.55. The van der Waals surface area contributed by atoms with E-state index in [1.54, 1.807) is 6.07 Å². The first-order valence-corrected chi connectivity index (χ1v) is 7.26. The average molecular weight is 284 g/mol. The minimum absolute atomic E-state index is 0.200. The molecule has 0 atom stereocenters.